The van der Waals surface area contributed by atoms with Crippen LogP contribution in [0, 0.1) is 0 Å². The summed E-state index contributed by atoms with van der Waals surface area (Å²) in [5.74, 6) is 6.49. The van der Waals surface area contributed by atoms with Gasteiger partial charge in [0.15, 0.2) is 11.5 Å². The third kappa shape index (κ3) is 3.74. The number of hydrogen-bond donors (Lipinski definition) is 1. The fourth-order valence-corrected chi connectivity index (χ4v) is 1.98. The van der Waals surface area contributed by atoms with Crippen LogP contribution in [-0.4, -0.2) is 13.3 Å². The number of rotatable bonds is 5. The zero-order valence-corrected chi connectivity index (χ0v) is 12.6. The van der Waals surface area contributed by atoms with E-state index in [1.54, 1.807) is 13.3 Å². The van der Waals surface area contributed by atoms with Gasteiger partial charge < -0.3 is 15.3 Å². The van der Waals surface area contributed by atoms with Crippen molar-refractivity contribution in [1.29, 1.82) is 0 Å². The average molecular weight is 335 g/mol. The van der Waals surface area contributed by atoms with Crippen molar-refractivity contribution in [3.63, 3.8) is 0 Å². The number of benzene rings is 2. The molecule has 0 radical (unpaired) electrons. The van der Waals surface area contributed by atoms with Crippen LogP contribution in [-0.2, 0) is 6.61 Å². The van der Waals surface area contributed by atoms with Crippen LogP contribution >= 0.6 is 15.9 Å². The van der Waals surface area contributed by atoms with Crippen molar-refractivity contribution < 1.29 is 9.47 Å². The van der Waals surface area contributed by atoms with Crippen LogP contribution in [0.2, 0.25) is 0 Å². The van der Waals surface area contributed by atoms with Gasteiger partial charge in [-0.2, -0.15) is 5.10 Å². The lowest BCUT2D eigenvalue weighted by molar-refractivity contribution is 0.284. The first-order valence-corrected chi connectivity index (χ1v) is 6.81. The Bertz CT molecular complexity index is 597. The van der Waals surface area contributed by atoms with Crippen LogP contribution in [0.25, 0.3) is 0 Å². The van der Waals surface area contributed by atoms with Crippen LogP contribution in [0.15, 0.2) is 52.0 Å². The molecular weight excluding hydrogens is 320 g/mol. The second-order valence-corrected chi connectivity index (χ2v) is 5.02. The fourth-order valence-electron chi connectivity index (χ4n) is 1.71. The summed E-state index contributed by atoms with van der Waals surface area (Å²) in [6.07, 6.45) is 1.56. The van der Waals surface area contributed by atoms with Crippen molar-refractivity contribution in [3.8, 4) is 11.5 Å². The molecule has 0 saturated heterocycles. The Morgan fingerprint density at radius 3 is 2.55 bits per heavy atom. The smallest absolute Gasteiger partial charge is 0.162 e. The Morgan fingerprint density at radius 1 is 1.15 bits per heavy atom. The molecule has 2 aromatic rings. The molecule has 0 spiro atoms. The predicted molar refractivity (Wildman–Crippen MR) is 83.2 cm³/mol. The van der Waals surface area contributed by atoms with E-state index < -0.39 is 0 Å². The molecular formula is C15H15BrN2O2. The molecule has 0 heterocycles. The van der Waals surface area contributed by atoms with Gasteiger partial charge in [0.25, 0.3) is 0 Å². The van der Waals surface area contributed by atoms with Crippen molar-refractivity contribution in [2.75, 3.05) is 7.11 Å². The van der Waals surface area contributed by atoms with Gasteiger partial charge >= 0.3 is 0 Å². The van der Waals surface area contributed by atoms with Crippen LogP contribution < -0.4 is 15.3 Å². The van der Waals surface area contributed by atoms with E-state index in [1.165, 1.54) is 0 Å². The Morgan fingerprint density at radius 2 is 1.90 bits per heavy atom. The summed E-state index contributed by atoms with van der Waals surface area (Å²) in [6.45, 7) is 0.465. The minimum Gasteiger partial charge on any atom is -0.493 e. The lowest BCUT2D eigenvalue weighted by atomic mass is 10.2. The molecule has 0 aliphatic rings. The Kier molecular flexibility index (Phi) is 5.01. The standard InChI is InChI=1S/C15H15BrN2O2/c1-19-14-7-4-12(9-18-17)8-15(14)20-10-11-2-5-13(16)6-3-11/h2-9H,10,17H2,1H3. The first-order chi connectivity index (χ1) is 9.72. The number of ether oxygens (including phenoxy) is 2. The summed E-state index contributed by atoms with van der Waals surface area (Å²) in [4.78, 5) is 0. The highest BCUT2D eigenvalue weighted by Gasteiger charge is 2.05. The van der Waals surface area contributed by atoms with Crippen LogP contribution in [0.4, 0.5) is 0 Å². The zero-order valence-electron chi connectivity index (χ0n) is 11.0. The second kappa shape index (κ2) is 6.96. The maximum atomic E-state index is 5.80. The molecule has 2 aromatic carbocycles. The van der Waals surface area contributed by atoms with Gasteiger partial charge in [-0.05, 0) is 41.5 Å². The third-order valence-electron chi connectivity index (χ3n) is 2.72. The van der Waals surface area contributed by atoms with Crippen molar-refractivity contribution in [3.05, 3.63) is 58.1 Å². The van der Waals surface area contributed by atoms with Gasteiger partial charge in [0.1, 0.15) is 6.61 Å². The topological polar surface area (TPSA) is 56.8 Å². The highest BCUT2D eigenvalue weighted by atomic mass is 79.9. The largest absolute Gasteiger partial charge is 0.493 e. The molecule has 5 heteroatoms. The number of nitrogens with zero attached hydrogens (tertiary/aromatic N) is 1. The lowest BCUT2D eigenvalue weighted by Gasteiger charge is -2.11. The molecule has 0 bridgehead atoms. The van der Waals surface area contributed by atoms with Crippen molar-refractivity contribution in [2.45, 2.75) is 6.61 Å². The van der Waals surface area contributed by atoms with Gasteiger partial charge in [-0.3, -0.25) is 0 Å². The molecule has 0 amide bonds. The molecule has 0 aromatic heterocycles. The van der Waals surface area contributed by atoms with E-state index in [9.17, 15) is 0 Å². The van der Waals surface area contributed by atoms with Crippen molar-refractivity contribution >= 4 is 22.1 Å². The number of halogens is 1. The molecule has 0 aliphatic heterocycles. The summed E-state index contributed by atoms with van der Waals surface area (Å²) < 4.78 is 12.1. The predicted octanol–water partition coefficient (Wildman–Crippen LogP) is 3.33. The number of methoxy groups -OCH3 is 1. The Hall–Kier alpha value is -2.01. The molecule has 104 valence electrons. The molecule has 0 unspecified atom stereocenters. The highest BCUT2D eigenvalue weighted by Crippen LogP contribution is 2.28. The highest BCUT2D eigenvalue weighted by molar-refractivity contribution is 9.10. The molecule has 0 atom stereocenters. The lowest BCUT2D eigenvalue weighted by Crippen LogP contribution is -1.98. The molecule has 20 heavy (non-hydrogen) atoms. The van der Waals surface area contributed by atoms with Gasteiger partial charge in [0.2, 0.25) is 0 Å². The van der Waals surface area contributed by atoms with Gasteiger partial charge in [0, 0.05) is 4.47 Å². The summed E-state index contributed by atoms with van der Waals surface area (Å²) in [5.41, 5.74) is 1.94. The summed E-state index contributed by atoms with van der Waals surface area (Å²) in [6, 6.07) is 13.5. The van der Waals surface area contributed by atoms with E-state index in [2.05, 4.69) is 21.0 Å². The molecule has 0 saturated carbocycles. The van der Waals surface area contributed by atoms with E-state index in [1.807, 2.05) is 42.5 Å². The second-order valence-electron chi connectivity index (χ2n) is 4.10. The van der Waals surface area contributed by atoms with Crippen molar-refractivity contribution in [2.24, 2.45) is 10.9 Å². The van der Waals surface area contributed by atoms with Gasteiger partial charge in [-0.1, -0.05) is 28.1 Å². The molecule has 0 aliphatic carbocycles. The van der Waals surface area contributed by atoms with E-state index >= 15 is 0 Å². The van der Waals surface area contributed by atoms with Gasteiger partial charge in [-0.15, -0.1) is 0 Å². The minimum atomic E-state index is 0.465. The van der Waals surface area contributed by atoms with Crippen LogP contribution in [0.3, 0.4) is 0 Å². The normalized spacial score (nSPS) is 10.7. The monoisotopic (exact) mass is 334 g/mol. The van der Waals surface area contributed by atoms with E-state index in [4.69, 9.17) is 15.3 Å². The summed E-state index contributed by atoms with van der Waals surface area (Å²) >= 11 is 3.40. The molecule has 2 rings (SSSR count). The minimum absolute atomic E-state index is 0.465. The first kappa shape index (κ1) is 14.4. The fraction of sp³-hybridized carbons (Fsp3) is 0.133. The van der Waals surface area contributed by atoms with Gasteiger partial charge in [-0.25, -0.2) is 0 Å². The Balaban J connectivity index is 2.14. The molecule has 2 N–H and O–H groups in total. The average Bonchev–Trinajstić information content (AvgIpc) is 2.47. The molecule has 4 nitrogen and oxygen atoms in total. The van der Waals surface area contributed by atoms with Gasteiger partial charge in [0.05, 0.1) is 13.3 Å². The quantitative estimate of drug-likeness (QED) is 0.518. The maximum absolute atomic E-state index is 5.80. The van der Waals surface area contributed by atoms with E-state index in [-0.39, 0.29) is 0 Å². The molecule has 0 fully saturated rings. The van der Waals surface area contributed by atoms with Crippen LogP contribution in [0.5, 0.6) is 11.5 Å². The van der Waals surface area contributed by atoms with E-state index in [0.29, 0.717) is 18.1 Å². The summed E-state index contributed by atoms with van der Waals surface area (Å²) in [7, 11) is 1.61. The Labute approximate surface area is 126 Å². The van der Waals surface area contributed by atoms with Crippen molar-refractivity contribution in [1.82, 2.24) is 0 Å². The third-order valence-corrected chi connectivity index (χ3v) is 3.25. The summed E-state index contributed by atoms with van der Waals surface area (Å²) in [5, 5.41) is 3.50. The first-order valence-electron chi connectivity index (χ1n) is 6.01. The number of nitrogens with two attached hydrogens (primary N) is 1. The van der Waals surface area contributed by atoms with Crippen LogP contribution in [0.1, 0.15) is 11.1 Å². The number of hydrogen-bond acceptors (Lipinski definition) is 4. The zero-order chi connectivity index (χ0) is 14.4. The van der Waals surface area contributed by atoms with E-state index in [0.717, 1.165) is 15.6 Å². The number of hydrazone groups is 1. The SMILES string of the molecule is COc1ccc(C=NN)cc1OCc1ccc(Br)cc1. The maximum Gasteiger partial charge on any atom is 0.162 e.